The summed E-state index contributed by atoms with van der Waals surface area (Å²) in [5, 5.41) is 81.6. The van der Waals surface area contributed by atoms with Gasteiger partial charge in [-0.1, -0.05) is 6.07 Å². The number of unbranched alkanes of at least 4 members (excludes halogenated alkanes) is 2. The van der Waals surface area contributed by atoms with Gasteiger partial charge in [0.2, 0.25) is 0 Å². The van der Waals surface area contributed by atoms with E-state index < -0.39 is 35.8 Å². The number of benzene rings is 2. The Labute approximate surface area is 264 Å². The molecule has 0 bridgehead atoms. The largest absolute Gasteiger partial charge is 0.481 e. The van der Waals surface area contributed by atoms with Gasteiger partial charge in [-0.3, -0.25) is 9.59 Å². The van der Waals surface area contributed by atoms with Crippen LogP contribution in [0.1, 0.15) is 80.0 Å². The van der Waals surface area contributed by atoms with Crippen LogP contribution in [0.15, 0.2) is 61.7 Å². The van der Waals surface area contributed by atoms with E-state index >= 15 is 0 Å². The van der Waals surface area contributed by atoms with Crippen LogP contribution in [-0.2, 0) is 9.59 Å². The fourth-order valence-electron chi connectivity index (χ4n) is 2.32. The Morgan fingerprint density at radius 3 is 0.913 bits per heavy atom. The summed E-state index contributed by atoms with van der Waals surface area (Å²) in [6.45, 7) is 6.14. The quantitative estimate of drug-likeness (QED) is 0.109. The molecule has 0 saturated heterocycles. The SMILES string of the molecule is C=C.O=C(O)CCCCC(=O)O.O=C(O)c1ccc(C(=O)O)cc1.O=C(O)c1cccc(C(=O)O)c1.OCCCCO.OCCO. The summed E-state index contributed by atoms with van der Waals surface area (Å²) in [6, 6.07) is 10.2. The van der Waals surface area contributed by atoms with Crippen molar-refractivity contribution in [1.82, 2.24) is 0 Å². The monoisotopic (exact) mass is 658 g/mol. The number of hydrogen-bond acceptors (Lipinski definition) is 10. The van der Waals surface area contributed by atoms with Crippen LogP contribution in [0.2, 0.25) is 0 Å². The summed E-state index contributed by atoms with van der Waals surface area (Å²) in [4.78, 5) is 61.2. The normalized spacial score (nSPS) is 8.78. The van der Waals surface area contributed by atoms with Crippen molar-refractivity contribution in [3.63, 3.8) is 0 Å². The van der Waals surface area contributed by atoms with Gasteiger partial charge in [-0.25, -0.2) is 19.2 Å². The fraction of sp³-hybridized carbons (Fsp3) is 0.333. The van der Waals surface area contributed by atoms with Crippen molar-refractivity contribution in [2.45, 2.75) is 38.5 Å². The highest BCUT2D eigenvalue weighted by molar-refractivity contribution is 5.93. The van der Waals surface area contributed by atoms with Gasteiger partial charge in [0.05, 0.1) is 35.5 Å². The average molecular weight is 659 g/mol. The minimum Gasteiger partial charge on any atom is -0.481 e. The number of aliphatic hydroxyl groups is 4. The molecule has 0 unspecified atom stereocenters. The zero-order valence-corrected chi connectivity index (χ0v) is 25.0. The second kappa shape index (κ2) is 32.7. The van der Waals surface area contributed by atoms with Gasteiger partial charge in [-0.2, -0.15) is 0 Å². The zero-order valence-electron chi connectivity index (χ0n) is 25.0. The maximum Gasteiger partial charge on any atom is 0.335 e. The third kappa shape index (κ3) is 31.8. The predicted octanol–water partition coefficient (Wildman–Crippen LogP) is 2.41. The van der Waals surface area contributed by atoms with E-state index in [4.69, 9.17) is 51.1 Å². The third-order valence-electron chi connectivity index (χ3n) is 4.43. The number of carboxylic acids is 6. The van der Waals surface area contributed by atoms with Gasteiger partial charge in [0.25, 0.3) is 0 Å². The minimum absolute atomic E-state index is 0.0186. The van der Waals surface area contributed by atoms with Gasteiger partial charge in [0.1, 0.15) is 0 Å². The topological polar surface area (TPSA) is 305 Å². The predicted molar refractivity (Wildman–Crippen MR) is 163 cm³/mol. The Bertz CT molecular complexity index is 1060. The molecule has 0 saturated carbocycles. The van der Waals surface area contributed by atoms with Crippen molar-refractivity contribution in [3.8, 4) is 0 Å². The molecular weight excluding hydrogens is 616 g/mol. The van der Waals surface area contributed by atoms with Gasteiger partial charge < -0.3 is 51.1 Å². The lowest BCUT2D eigenvalue weighted by Crippen LogP contribution is -2.01. The minimum atomic E-state index is -1.13. The standard InChI is InChI=1S/2C8H6O4.C6H10O4.C4H10O2.C2H6O2.C2H4/c9-7(10)5-1-2-6(4-3-5)8(11)12;9-7(10)5-2-1-3-6(4-5)8(11)12;7-5(8)3-1-2-4-6(9)10;5-3-1-2-4-6;3-1-2-4;1-2/h2*1-4H,(H,9,10)(H,11,12);1-4H2,(H,7,8)(H,9,10);5-6H,1-4H2;3-4H,1-2H2;1-2H2. The number of aliphatic hydroxyl groups excluding tert-OH is 4. The summed E-state index contributed by atoms with van der Waals surface area (Å²) < 4.78 is 0. The molecule has 2 aromatic carbocycles. The highest BCUT2D eigenvalue weighted by atomic mass is 16.4. The van der Waals surface area contributed by atoms with Crippen molar-refractivity contribution >= 4 is 35.8 Å². The lowest BCUT2D eigenvalue weighted by molar-refractivity contribution is -0.139. The second-order valence-corrected chi connectivity index (χ2v) is 7.97. The maximum absolute atomic E-state index is 10.4. The van der Waals surface area contributed by atoms with Crippen LogP contribution in [0.5, 0.6) is 0 Å². The van der Waals surface area contributed by atoms with Crippen molar-refractivity contribution in [2.24, 2.45) is 0 Å². The maximum atomic E-state index is 10.4. The summed E-state index contributed by atoms with van der Waals surface area (Å²) in [7, 11) is 0. The van der Waals surface area contributed by atoms with Gasteiger partial charge in [-0.05, 0) is 68.1 Å². The van der Waals surface area contributed by atoms with Crippen LogP contribution in [0.25, 0.3) is 0 Å². The van der Waals surface area contributed by atoms with Crippen molar-refractivity contribution in [3.05, 3.63) is 83.9 Å². The second-order valence-electron chi connectivity index (χ2n) is 7.97. The summed E-state index contributed by atoms with van der Waals surface area (Å²) >= 11 is 0. The van der Waals surface area contributed by atoms with Crippen molar-refractivity contribution in [2.75, 3.05) is 26.4 Å². The number of aromatic carboxylic acids is 4. The Kier molecular flexibility index (Phi) is 34.0. The van der Waals surface area contributed by atoms with E-state index in [9.17, 15) is 28.8 Å². The van der Waals surface area contributed by atoms with Crippen LogP contribution in [0.4, 0.5) is 0 Å². The van der Waals surface area contributed by atoms with E-state index in [2.05, 4.69) is 13.2 Å². The number of aliphatic carboxylic acids is 2. The van der Waals surface area contributed by atoms with Crippen molar-refractivity contribution < 1.29 is 79.8 Å². The molecule has 0 aliphatic rings. The number of rotatable bonds is 13. The van der Waals surface area contributed by atoms with Crippen LogP contribution in [-0.4, -0.2) is 113 Å². The molecule has 0 amide bonds. The Morgan fingerprint density at radius 1 is 0.435 bits per heavy atom. The molecule has 0 aliphatic carbocycles. The van der Waals surface area contributed by atoms with Crippen molar-refractivity contribution in [1.29, 1.82) is 0 Å². The summed E-state index contributed by atoms with van der Waals surface area (Å²) in [5.41, 5.74) is 0.129. The van der Waals surface area contributed by atoms with Crippen LogP contribution >= 0.6 is 0 Å². The Balaban J connectivity index is -0.000000247. The lowest BCUT2D eigenvalue weighted by atomic mass is 10.1. The molecule has 46 heavy (non-hydrogen) atoms. The lowest BCUT2D eigenvalue weighted by Gasteiger charge is -1.95. The van der Waals surface area contributed by atoms with Gasteiger partial charge in [-0.15, -0.1) is 13.2 Å². The first-order valence-corrected chi connectivity index (χ1v) is 13.2. The molecule has 0 fully saturated rings. The van der Waals surface area contributed by atoms with Crippen LogP contribution < -0.4 is 0 Å². The fourth-order valence-corrected chi connectivity index (χ4v) is 2.32. The van der Waals surface area contributed by atoms with Gasteiger partial charge in [0.15, 0.2) is 0 Å². The molecule has 0 radical (unpaired) electrons. The zero-order chi connectivity index (χ0) is 36.5. The Hall–Kier alpha value is -5.16. The van der Waals surface area contributed by atoms with E-state index in [-0.39, 0.29) is 61.5 Å². The molecule has 258 valence electrons. The van der Waals surface area contributed by atoms with Gasteiger partial charge in [0, 0.05) is 26.1 Å². The third-order valence-corrected chi connectivity index (χ3v) is 4.43. The molecule has 0 aliphatic heterocycles. The first kappa shape index (κ1) is 47.8. The number of hydrogen-bond donors (Lipinski definition) is 10. The van der Waals surface area contributed by atoms with E-state index in [0.717, 1.165) is 18.9 Å². The first-order valence-electron chi connectivity index (χ1n) is 13.2. The summed E-state index contributed by atoms with van der Waals surface area (Å²) in [6.07, 6.45) is 2.46. The molecule has 0 atom stereocenters. The highest BCUT2D eigenvalue weighted by Gasteiger charge is 2.07. The van der Waals surface area contributed by atoms with Crippen LogP contribution in [0, 0.1) is 0 Å². The highest BCUT2D eigenvalue weighted by Crippen LogP contribution is 2.05. The van der Waals surface area contributed by atoms with E-state index in [1.165, 1.54) is 42.5 Å². The molecule has 10 N–H and O–H groups in total. The smallest absolute Gasteiger partial charge is 0.335 e. The van der Waals surface area contributed by atoms with Gasteiger partial charge >= 0.3 is 35.8 Å². The molecule has 2 aromatic rings. The molecule has 0 aromatic heterocycles. The summed E-state index contributed by atoms with van der Waals surface area (Å²) in [5.74, 6) is -6.12. The number of carbonyl (C=O) groups is 6. The molecule has 0 spiro atoms. The van der Waals surface area contributed by atoms with E-state index in [0.29, 0.717) is 12.8 Å². The number of carboxylic acid groups (broad SMARTS) is 6. The van der Waals surface area contributed by atoms with E-state index in [1.54, 1.807) is 0 Å². The molecule has 16 heteroatoms. The average Bonchev–Trinajstić information content (AvgIpc) is 3.04. The first-order chi connectivity index (χ1) is 21.7. The molecule has 16 nitrogen and oxygen atoms in total. The molecule has 0 heterocycles. The van der Waals surface area contributed by atoms with E-state index in [1.807, 2.05) is 0 Å². The molecular formula is C30H42O16. The Morgan fingerprint density at radius 2 is 0.717 bits per heavy atom. The molecule has 2 rings (SSSR count). The van der Waals surface area contributed by atoms with Crippen LogP contribution in [0.3, 0.4) is 0 Å².